The fourth-order valence-corrected chi connectivity index (χ4v) is 2.45. The Balaban J connectivity index is 5.32. The van der Waals surface area contributed by atoms with Gasteiger partial charge >= 0.3 is 5.97 Å². The molecule has 0 atom stereocenters. The van der Waals surface area contributed by atoms with Gasteiger partial charge in [-0.15, -0.1) is 0 Å². The summed E-state index contributed by atoms with van der Waals surface area (Å²) in [5, 5.41) is 9.89. The largest absolute Gasteiger partial charge is 0.477 e. The van der Waals surface area contributed by atoms with Gasteiger partial charge in [0.25, 0.3) is 0 Å². The standard InChI is InChI=1S/C16H23NO2S/c1-6-9-12(4)11-13(8-3)15(17-5)20-14(10-7-2)16(18)19/h6,8-11H,7H2,1-5H3,(H,18,19)/b9-6-,12-11-,13-8+,14-10+,17-15?. The lowest BCUT2D eigenvalue weighted by Gasteiger charge is -2.08. The quantitative estimate of drug-likeness (QED) is 0.337. The van der Waals surface area contributed by atoms with Crippen molar-refractivity contribution in [1.29, 1.82) is 0 Å². The Morgan fingerprint density at radius 1 is 1.35 bits per heavy atom. The van der Waals surface area contributed by atoms with Crippen LogP contribution in [-0.2, 0) is 4.79 Å². The molecular formula is C16H23NO2S. The highest BCUT2D eigenvalue weighted by Crippen LogP contribution is 2.24. The first-order valence-corrected chi connectivity index (χ1v) is 7.37. The van der Waals surface area contributed by atoms with Crippen LogP contribution in [-0.4, -0.2) is 23.2 Å². The maximum absolute atomic E-state index is 11.2. The molecule has 0 aliphatic heterocycles. The van der Waals surface area contributed by atoms with E-state index in [9.17, 15) is 9.90 Å². The van der Waals surface area contributed by atoms with E-state index in [1.807, 2.05) is 52.0 Å². The number of allylic oxidation sites excluding steroid dienone is 6. The summed E-state index contributed by atoms with van der Waals surface area (Å²) in [4.78, 5) is 15.7. The predicted molar refractivity (Wildman–Crippen MR) is 89.3 cm³/mol. The smallest absolute Gasteiger partial charge is 0.342 e. The van der Waals surface area contributed by atoms with Crippen molar-refractivity contribution in [3.05, 3.63) is 46.4 Å². The highest BCUT2D eigenvalue weighted by atomic mass is 32.2. The van der Waals surface area contributed by atoms with Crippen LogP contribution >= 0.6 is 11.8 Å². The number of carbonyl (C=O) groups is 1. The van der Waals surface area contributed by atoms with Crippen molar-refractivity contribution in [3.63, 3.8) is 0 Å². The van der Waals surface area contributed by atoms with Gasteiger partial charge < -0.3 is 5.11 Å². The molecule has 0 fully saturated rings. The number of carboxylic acids is 1. The molecular weight excluding hydrogens is 270 g/mol. The molecule has 0 unspecified atom stereocenters. The van der Waals surface area contributed by atoms with E-state index in [4.69, 9.17) is 0 Å². The van der Waals surface area contributed by atoms with Crippen LogP contribution in [0.2, 0.25) is 0 Å². The Labute approximate surface area is 125 Å². The van der Waals surface area contributed by atoms with Crippen molar-refractivity contribution in [1.82, 2.24) is 0 Å². The molecule has 20 heavy (non-hydrogen) atoms. The van der Waals surface area contributed by atoms with Crippen LogP contribution in [0.15, 0.2) is 51.4 Å². The van der Waals surface area contributed by atoms with E-state index in [0.29, 0.717) is 16.4 Å². The topological polar surface area (TPSA) is 49.7 Å². The maximum Gasteiger partial charge on any atom is 0.342 e. The molecule has 0 saturated heterocycles. The van der Waals surface area contributed by atoms with E-state index in [1.54, 1.807) is 13.1 Å². The summed E-state index contributed by atoms with van der Waals surface area (Å²) in [5.41, 5.74) is 2.02. The van der Waals surface area contributed by atoms with Gasteiger partial charge in [0.2, 0.25) is 0 Å². The molecule has 0 rings (SSSR count). The second-order valence-corrected chi connectivity index (χ2v) is 5.08. The van der Waals surface area contributed by atoms with Crippen molar-refractivity contribution < 1.29 is 9.90 Å². The Kier molecular flexibility index (Phi) is 9.47. The molecule has 110 valence electrons. The maximum atomic E-state index is 11.2. The average Bonchev–Trinajstić information content (AvgIpc) is 2.41. The van der Waals surface area contributed by atoms with Gasteiger partial charge in [-0.1, -0.05) is 48.6 Å². The summed E-state index contributed by atoms with van der Waals surface area (Å²) < 4.78 is 0. The zero-order valence-electron chi connectivity index (χ0n) is 12.8. The fourth-order valence-electron chi connectivity index (χ4n) is 1.52. The normalized spacial score (nSPS) is 15.1. The third-order valence-corrected chi connectivity index (χ3v) is 3.55. The van der Waals surface area contributed by atoms with Crippen LogP contribution in [0.3, 0.4) is 0 Å². The minimum absolute atomic E-state index is 0.310. The molecule has 0 aromatic rings. The Morgan fingerprint density at radius 2 is 2.00 bits per heavy atom. The fraction of sp³-hybridized carbons (Fsp3) is 0.375. The first-order chi connectivity index (χ1) is 9.49. The third-order valence-electron chi connectivity index (χ3n) is 2.38. The van der Waals surface area contributed by atoms with E-state index >= 15 is 0 Å². The highest BCUT2D eigenvalue weighted by Gasteiger charge is 2.13. The minimum Gasteiger partial charge on any atom is -0.477 e. The van der Waals surface area contributed by atoms with Gasteiger partial charge in [-0.3, -0.25) is 4.99 Å². The number of rotatable bonds is 6. The molecule has 4 heteroatoms. The van der Waals surface area contributed by atoms with Crippen molar-refractivity contribution >= 4 is 22.8 Å². The SMILES string of the molecule is C\C=C/C(C)=C\C(=C/C)C(=NC)S/C(=C/CC)C(=O)O. The molecule has 0 aromatic carbocycles. The summed E-state index contributed by atoms with van der Waals surface area (Å²) >= 11 is 1.19. The molecule has 0 radical (unpaired) electrons. The molecule has 0 aliphatic rings. The summed E-state index contributed by atoms with van der Waals surface area (Å²) in [6.07, 6.45) is 10.3. The van der Waals surface area contributed by atoms with Gasteiger partial charge in [0.05, 0.1) is 4.91 Å². The number of hydrogen-bond acceptors (Lipinski definition) is 3. The summed E-state index contributed by atoms with van der Waals surface area (Å²) in [7, 11) is 1.68. The molecule has 0 aliphatic carbocycles. The molecule has 0 spiro atoms. The first kappa shape index (κ1) is 18.4. The van der Waals surface area contributed by atoms with Crippen molar-refractivity contribution in [3.8, 4) is 0 Å². The van der Waals surface area contributed by atoms with Gasteiger partial charge in [-0.2, -0.15) is 0 Å². The summed E-state index contributed by atoms with van der Waals surface area (Å²) in [6, 6.07) is 0. The number of carboxylic acid groups (broad SMARTS) is 1. The molecule has 0 saturated carbocycles. The number of nitrogens with zero attached hydrogens (tertiary/aromatic N) is 1. The lowest BCUT2D eigenvalue weighted by atomic mass is 10.1. The van der Waals surface area contributed by atoms with Crippen molar-refractivity contribution in [2.75, 3.05) is 7.05 Å². The van der Waals surface area contributed by atoms with Crippen LogP contribution in [0.4, 0.5) is 0 Å². The Morgan fingerprint density at radius 3 is 2.40 bits per heavy atom. The Bertz CT molecular complexity index is 483. The number of aliphatic imine (C=N–C) groups is 1. The van der Waals surface area contributed by atoms with Gasteiger partial charge in [0.1, 0.15) is 5.04 Å². The number of aliphatic carboxylic acids is 1. The van der Waals surface area contributed by atoms with Crippen LogP contribution in [0.1, 0.15) is 34.1 Å². The molecule has 3 nitrogen and oxygen atoms in total. The van der Waals surface area contributed by atoms with Gasteiger partial charge in [0, 0.05) is 12.6 Å². The van der Waals surface area contributed by atoms with Crippen molar-refractivity contribution in [2.24, 2.45) is 4.99 Å². The summed E-state index contributed by atoms with van der Waals surface area (Å²) in [5.74, 6) is -0.914. The summed E-state index contributed by atoms with van der Waals surface area (Å²) in [6.45, 7) is 7.80. The molecule has 0 aromatic heterocycles. The van der Waals surface area contributed by atoms with Gasteiger partial charge in [0.15, 0.2) is 0 Å². The molecule has 0 bridgehead atoms. The lowest BCUT2D eigenvalue weighted by molar-refractivity contribution is -0.131. The van der Waals surface area contributed by atoms with E-state index < -0.39 is 5.97 Å². The van der Waals surface area contributed by atoms with Crippen LogP contribution in [0.5, 0.6) is 0 Å². The van der Waals surface area contributed by atoms with Crippen LogP contribution in [0, 0.1) is 0 Å². The monoisotopic (exact) mass is 293 g/mol. The van der Waals surface area contributed by atoms with Crippen LogP contribution < -0.4 is 0 Å². The van der Waals surface area contributed by atoms with Crippen LogP contribution in [0.25, 0.3) is 0 Å². The van der Waals surface area contributed by atoms with E-state index in [2.05, 4.69) is 4.99 Å². The second kappa shape index (κ2) is 10.3. The molecule has 0 heterocycles. The zero-order chi connectivity index (χ0) is 15.5. The van der Waals surface area contributed by atoms with Crippen molar-refractivity contribution in [2.45, 2.75) is 34.1 Å². The van der Waals surface area contributed by atoms with Gasteiger partial charge in [-0.25, -0.2) is 4.79 Å². The number of hydrogen-bond donors (Lipinski definition) is 1. The second-order valence-electron chi connectivity index (χ2n) is 4.04. The number of thioether (sulfide) groups is 1. The third kappa shape index (κ3) is 6.57. The van der Waals surface area contributed by atoms with Gasteiger partial charge in [-0.05, 0) is 33.3 Å². The minimum atomic E-state index is -0.914. The Hall–Kier alpha value is -1.55. The predicted octanol–water partition coefficient (Wildman–Crippen LogP) is 4.60. The highest BCUT2D eigenvalue weighted by molar-refractivity contribution is 8.18. The first-order valence-electron chi connectivity index (χ1n) is 6.55. The van der Waals surface area contributed by atoms with E-state index in [-0.39, 0.29) is 0 Å². The van der Waals surface area contributed by atoms with E-state index in [0.717, 1.165) is 11.1 Å². The lowest BCUT2D eigenvalue weighted by Crippen LogP contribution is -2.03. The zero-order valence-corrected chi connectivity index (χ0v) is 13.6. The molecule has 1 N–H and O–H groups in total. The average molecular weight is 293 g/mol. The molecule has 0 amide bonds. The van der Waals surface area contributed by atoms with E-state index in [1.165, 1.54) is 11.8 Å².